The van der Waals surface area contributed by atoms with Crippen LogP contribution in [0.1, 0.15) is 45.2 Å². The molecular formula is C16H27N3. The number of nitrogens with zero attached hydrogens (tertiary/aromatic N) is 2. The molecule has 1 atom stereocenters. The first-order chi connectivity index (χ1) is 9.33. The van der Waals surface area contributed by atoms with Crippen LogP contribution in [0.5, 0.6) is 0 Å². The fraction of sp³-hybridized carbons (Fsp3) is 0.688. The molecule has 0 bridgehead atoms. The number of pyridine rings is 1. The molecule has 106 valence electrons. The van der Waals surface area contributed by atoms with Gasteiger partial charge in [-0.2, -0.15) is 0 Å². The third kappa shape index (κ3) is 4.20. The molecule has 0 radical (unpaired) electrons. The predicted molar refractivity (Wildman–Crippen MR) is 81.5 cm³/mol. The van der Waals surface area contributed by atoms with E-state index in [4.69, 9.17) is 0 Å². The molecular weight excluding hydrogens is 234 g/mol. The highest BCUT2D eigenvalue weighted by Crippen LogP contribution is 2.24. The molecule has 0 aromatic carbocycles. The average Bonchev–Trinajstić information content (AvgIpc) is 2.48. The summed E-state index contributed by atoms with van der Waals surface area (Å²) in [5.41, 5.74) is 2.51. The van der Waals surface area contributed by atoms with Gasteiger partial charge in [0.1, 0.15) is 0 Å². The Morgan fingerprint density at radius 1 is 1.42 bits per heavy atom. The van der Waals surface area contributed by atoms with Crippen molar-refractivity contribution in [3.05, 3.63) is 24.0 Å². The summed E-state index contributed by atoms with van der Waals surface area (Å²) in [6.45, 7) is 8.85. The van der Waals surface area contributed by atoms with E-state index < -0.39 is 0 Å². The van der Waals surface area contributed by atoms with Crippen LogP contribution >= 0.6 is 0 Å². The lowest BCUT2D eigenvalue weighted by atomic mass is 9.95. The second-order valence-corrected chi connectivity index (χ2v) is 5.54. The van der Waals surface area contributed by atoms with Gasteiger partial charge in [0, 0.05) is 31.5 Å². The Kier molecular flexibility index (Phi) is 5.64. The van der Waals surface area contributed by atoms with Crippen molar-refractivity contribution < 1.29 is 0 Å². The van der Waals surface area contributed by atoms with Crippen molar-refractivity contribution >= 4 is 5.69 Å². The molecule has 1 unspecified atom stereocenters. The Balaban J connectivity index is 1.97. The van der Waals surface area contributed by atoms with E-state index in [1.54, 1.807) is 0 Å². The zero-order valence-corrected chi connectivity index (χ0v) is 12.4. The SMILES string of the molecule is CCCNCc1cc(N2CCCC(CC)C2)ccn1. The summed E-state index contributed by atoms with van der Waals surface area (Å²) in [5, 5.41) is 3.42. The van der Waals surface area contributed by atoms with Crippen LogP contribution in [0.2, 0.25) is 0 Å². The van der Waals surface area contributed by atoms with Crippen LogP contribution in [0.4, 0.5) is 5.69 Å². The lowest BCUT2D eigenvalue weighted by Gasteiger charge is -2.34. The molecule has 1 aliphatic rings. The zero-order valence-electron chi connectivity index (χ0n) is 12.4. The molecule has 0 aliphatic carbocycles. The molecule has 1 N–H and O–H groups in total. The highest BCUT2D eigenvalue weighted by molar-refractivity contribution is 5.47. The average molecular weight is 261 g/mol. The third-order valence-electron chi connectivity index (χ3n) is 3.99. The van der Waals surface area contributed by atoms with E-state index in [0.29, 0.717) is 0 Å². The first-order valence-corrected chi connectivity index (χ1v) is 7.74. The third-order valence-corrected chi connectivity index (χ3v) is 3.99. The highest BCUT2D eigenvalue weighted by Gasteiger charge is 2.18. The Morgan fingerprint density at radius 3 is 3.11 bits per heavy atom. The monoisotopic (exact) mass is 261 g/mol. The van der Waals surface area contributed by atoms with Gasteiger partial charge in [-0.05, 0) is 43.9 Å². The highest BCUT2D eigenvalue weighted by atomic mass is 15.1. The van der Waals surface area contributed by atoms with Gasteiger partial charge >= 0.3 is 0 Å². The first kappa shape index (κ1) is 14.3. The van der Waals surface area contributed by atoms with Crippen molar-refractivity contribution in [2.75, 3.05) is 24.5 Å². The molecule has 0 spiro atoms. The molecule has 1 aromatic rings. The lowest BCUT2D eigenvalue weighted by molar-refractivity contribution is 0.404. The van der Waals surface area contributed by atoms with Crippen LogP contribution in [-0.4, -0.2) is 24.6 Å². The molecule has 3 nitrogen and oxygen atoms in total. The predicted octanol–water partition coefficient (Wildman–Crippen LogP) is 3.21. The van der Waals surface area contributed by atoms with Crippen molar-refractivity contribution in [1.29, 1.82) is 0 Å². The van der Waals surface area contributed by atoms with Crippen LogP contribution < -0.4 is 10.2 Å². The van der Waals surface area contributed by atoms with Crippen molar-refractivity contribution in [3.8, 4) is 0 Å². The van der Waals surface area contributed by atoms with Gasteiger partial charge in [-0.15, -0.1) is 0 Å². The summed E-state index contributed by atoms with van der Waals surface area (Å²) >= 11 is 0. The van der Waals surface area contributed by atoms with E-state index in [0.717, 1.165) is 24.7 Å². The summed E-state index contributed by atoms with van der Waals surface area (Å²) in [4.78, 5) is 6.99. The Labute approximate surface area is 117 Å². The number of hydrogen-bond acceptors (Lipinski definition) is 3. The molecule has 19 heavy (non-hydrogen) atoms. The Morgan fingerprint density at radius 2 is 2.32 bits per heavy atom. The van der Waals surface area contributed by atoms with Gasteiger partial charge in [0.2, 0.25) is 0 Å². The molecule has 1 fully saturated rings. The quantitative estimate of drug-likeness (QED) is 0.797. The number of nitrogens with one attached hydrogen (secondary N) is 1. The van der Waals surface area contributed by atoms with E-state index in [1.165, 1.54) is 44.5 Å². The van der Waals surface area contributed by atoms with E-state index in [1.807, 2.05) is 6.20 Å². The van der Waals surface area contributed by atoms with Crippen LogP contribution in [0.25, 0.3) is 0 Å². The maximum absolute atomic E-state index is 4.46. The largest absolute Gasteiger partial charge is 0.371 e. The van der Waals surface area contributed by atoms with E-state index in [9.17, 15) is 0 Å². The molecule has 0 amide bonds. The van der Waals surface area contributed by atoms with E-state index in [-0.39, 0.29) is 0 Å². The molecule has 2 rings (SSSR count). The van der Waals surface area contributed by atoms with Crippen LogP contribution in [0.3, 0.4) is 0 Å². The summed E-state index contributed by atoms with van der Waals surface area (Å²) in [5.74, 6) is 0.864. The number of rotatable bonds is 6. The standard InChI is InChI=1S/C16H27N3/c1-3-8-17-12-15-11-16(7-9-18-15)19-10-5-6-14(4-2)13-19/h7,9,11,14,17H,3-6,8,10,12-13H2,1-2H3. The summed E-state index contributed by atoms with van der Waals surface area (Å²) < 4.78 is 0. The van der Waals surface area contributed by atoms with Crippen LogP contribution in [0, 0.1) is 5.92 Å². The van der Waals surface area contributed by atoms with E-state index >= 15 is 0 Å². The summed E-state index contributed by atoms with van der Waals surface area (Å²) in [6.07, 6.45) is 7.14. The van der Waals surface area contributed by atoms with Gasteiger partial charge < -0.3 is 10.2 Å². The Bertz CT molecular complexity index is 378. The number of aromatic nitrogens is 1. The van der Waals surface area contributed by atoms with Crippen molar-refractivity contribution in [1.82, 2.24) is 10.3 Å². The molecule has 3 heteroatoms. The van der Waals surface area contributed by atoms with Crippen molar-refractivity contribution in [2.24, 2.45) is 5.92 Å². The maximum Gasteiger partial charge on any atom is 0.0562 e. The number of piperidine rings is 1. The minimum absolute atomic E-state index is 0.864. The minimum atomic E-state index is 0.864. The molecule has 1 aliphatic heterocycles. The molecule has 0 saturated carbocycles. The first-order valence-electron chi connectivity index (χ1n) is 7.74. The van der Waals surface area contributed by atoms with Crippen molar-refractivity contribution in [3.63, 3.8) is 0 Å². The van der Waals surface area contributed by atoms with Crippen molar-refractivity contribution in [2.45, 2.75) is 46.1 Å². The topological polar surface area (TPSA) is 28.2 Å². The summed E-state index contributed by atoms with van der Waals surface area (Å²) in [7, 11) is 0. The Hall–Kier alpha value is -1.09. The molecule has 1 aromatic heterocycles. The fourth-order valence-electron chi connectivity index (χ4n) is 2.78. The van der Waals surface area contributed by atoms with Crippen LogP contribution in [0.15, 0.2) is 18.3 Å². The molecule has 1 saturated heterocycles. The normalized spacial score (nSPS) is 19.7. The van der Waals surface area contributed by atoms with Gasteiger partial charge in [-0.3, -0.25) is 4.98 Å². The second-order valence-electron chi connectivity index (χ2n) is 5.54. The van der Waals surface area contributed by atoms with E-state index in [2.05, 4.69) is 41.2 Å². The maximum atomic E-state index is 4.46. The van der Waals surface area contributed by atoms with Gasteiger partial charge in [0.05, 0.1) is 5.69 Å². The number of hydrogen-bond donors (Lipinski definition) is 1. The van der Waals surface area contributed by atoms with Gasteiger partial charge in [-0.25, -0.2) is 0 Å². The van der Waals surface area contributed by atoms with Gasteiger partial charge in [-0.1, -0.05) is 20.3 Å². The lowest BCUT2D eigenvalue weighted by Crippen LogP contribution is -2.35. The molecule has 2 heterocycles. The summed E-state index contributed by atoms with van der Waals surface area (Å²) in [6, 6.07) is 4.40. The fourth-order valence-corrected chi connectivity index (χ4v) is 2.78. The van der Waals surface area contributed by atoms with Crippen LogP contribution in [-0.2, 0) is 6.54 Å². The minimum Gasteiger partial charge on any atom is -0.371 e. The van der Waals surface area contributed by atoms with Gasteiger partial charge in [0.15, 0.2) is 0 Å². The zero-order chi connectivity index (χ0) is 13.5. The second kappa shape index (κ2) is 7.49. The van der Waals surface area contributed by atoms with Gasteiger partial charge in [0.25, 0.3) is 0 Å². The smallest absolute Gasteiger partial charge is 0.0562 e. The number of anilines is 1.